The van der Waals surface area contributed by atoms with Crippen LogP contribution in [0.1, 0.15) is 19.5 Å². The second-order valence-electron chi connectivity index (χ2n) is 5.82. The first-order valence-corrected chi connectivity index (χ1v) is 6.94. The van der Waals surface area contributed by atoms with Gasteiger partial charge in [0, 0.05) is 45.1 Å². The summed E-state index contributed by atoms with van der Waals surface area (Å²) in [6, 6.07) is 5.83. The number of anilines is 1. The lowest BCUT2D eigenvalue weighted by atomic mass is 10.1. The fourth-order valence-electron chi connectivity index (χ4n) is 2.44. The van der Waals surface area contributed by atoms with E-state index >= 15 is 0 Å². The maximum Gasteiger partial charge on any atom is 0.142 e. The molecule has 1 aromatic rings. The van der Waals surface area contributed by atoms with Crippen molar-refractivity contribution in [3.63, 3.8) is 0 Å². The molecule has 0 amide bonds. The molecule has 0 unspecified atom stereocenters. The van der Waals surface area contributed by atoms with E-state index in [0.29, 0.717) is 5.69 Å². The number of morpholine rings is 1. The third-order valence-corrected chi connectivity index (χ3v) is 3.56. The second kappa shape index (κ2) is 6.21. The van der Waals surface area contributed by atoms with Gasteiger partial charge in [0.15, 0.2) is 0 Å². The minimum atomic E-state index is -0.0541. The van der Waals surface area contributed by atoms with Crippen molar-refractivity contribution < 1.29 is 4.74 Å². The molecule has 1 aromatic heterocycles. The monoisotopic (exact) mass is 274 g/mol. The van der Waals surface area contributed by atoms with Crippen molar-refractivity contribution in [2.45, 2.75) is 19.4 Å². The first-order chi connectivity index (χ1) is 9.50. The predicted molar refractivity (Wildman–Crippen MR) is 78.7 cm³/mol. The summed E-state index contributed by atoms with van der Waals surface area (Å²) >= 11 is 0. The van der Waals surface area contributed by atoms with E-state index in [0.717, 1.165) is 38.5 Å². The lowest BCUT2D eigenvalue weighted by Gasteiger charge is -2.38. The molecule has 5 nitrogen and oxygen atoms in total. The van der Waals surface area contributed by atoms with Crippen molar-refractivity contribution in [3.05, 3.63) is 24.0 Å². The number of likely N-dealkylation sites (N-methyl/N-ethyl adjacent to an activating group) is 1. The zero-order valence-electron chi connectivity index (χ0n) is 12.5. The van der Waals surface area contributed by atoms with Crippen LogP contribution in [0, 0.1) is 11.3 Å². The standard InChI is InChI=1S/C15H22N4O/c1-15(2)12-19(8-9-20-15)7-6-18(3)14-4-5-17-13(10-14)11-16/h4-5,10H,6-9,12H2,1-3H3. The fourth-order valence-corrected chi connectivity index (χ4v) is 2.44. The molecule has 20 heavy (non-hydrogen) atoms. The highest BCUT2D eigenvalue weighted by Gasteiger charge is 2.26. The summed E-state index contributed by atoms with van der Waals surface area (Å²) in [4.78, 5) is 8.58. The van der Waals surface area contributed by atoms with Gasteiger partial charge in [-0.25, -0.2) is 4.98 Å². The molecule has 1 saturated heterocycles. The fraction of sp³-hybridized carbons (Fsp3) is 0.600. The van der Waals surface area contributed by atoms with E-state index in [4.69, 9.17) is 10.00 Å². The van der Waals surface area contributed by atoms with Crippen LogP contribution in [0.5, 0.6) is 0 Å². The Morgan fingerprint density at radius 2 is 2.35 bits per heavy atom. The van der Waals surface area contributed by atoms with Gasteiger partial charge in [0.2, 0.25) is 0 Å². The number of nitrogens with zero attached hydrogens (tertiary/aromatic N) is 4. The highest BCUT2D eigenvalue weighted by Crippen LogP contribution is 2.17. The minimum absolute atomic E-state index is 0.0541. The first kappa shape index (κ1) is 14.8. The lowest BCUT2D eigenvalue weighted by molar-refractivity contribution is -0.0850. The van der Waals surface area contributed by atoms with Crippen LogP contribution < -0.4 is 4.90 Å². The molecule has 0 atom stereocenters. The second-order valence-corrected chi connectivity index (χ2v) is 5.82. The molecule has 1 aliphatic heterocycles. The van der Waals surface area contributed by atoms with E-state index < -0.39 is 0 Å². The summed E-state index contributed by atoms with van der Waals surface area (Å²) in [5, 5.41) is 8.88. The largest absolute Gasteiger partial charge is 0.373 e. The van der Waals surface area contributed by atoms with Crippen molar-refractivity contribution in [1.82, 2.24) is 9.88 Å². The lowest BCUT2D eigenvalue weighted by Crippen LogP contribution is -2.50. The van der Waals surface area contributed by atoms with Gasteiger partial charge in [-0.1, -0.05) is 0 Å². The average molecular weight is 274 g/mol. The van der Waals surface area contributed by atoms with Crippen molar-refractivity contribution in [2.75, 3.05) is 44.7 Å². The minimum Gasteiger partial charge on any atom is -0.373 e. The average Bonchev–Trinajstić information content (AvgIpc) is 2.44. The molecular weight excluding hydrogens is 252 g/mol. The van der Waals surface area contributed by atoms with E-state index in [1.165, 1.54) is 0 Å². The highest BCUT2D eigenvalue weighted by atomic mass is 16.5. The van der Waals surface area contributed by atoms with Crippen LogP contribution in [-0.2, 0) is 4.74 Å². The number of ether oxygens (including phenoxy) is 1. The van der Waals surface area contributed by atoms with E-state index in [9.17, 15) is 0 Å². The predicted octanol–water partition coefficient (Wildman–Crippen LogP) is 1.50. The molecule has 2 heterocycles. The molecule has 0 spiro atoms. The Balaban J connectivity index is 1.88. The van der Waals surface area contributed by atoms with Gasteiger partial charge in [0.1, 0.15) is 11.8 Å². The number of aromatic nitrogens is 1. The van der Waals surface area contributed by atoms with E-state index in [-0.39, 0.29) is 5.60 Å². The Kier molecular flexibility index (Phi) is 4.58. The zero-order valence-corrected chi connectivity index (χ0v) is 12.5. The normalized spacial score (nSPS) is 18.5. The quantitative estimate of drug-likeness (QED) is 0.833. The maximum atomic E-state index is 8.88. The van der Waals surface area contributed by atoms with Gasteiger partial charge in [-0.3, -0.25) is 4.90 Å². The third-order valence-electron chi connectivity index (χ3n) is 3.56. The van der Waals surface area contributed by atoms with Crippen LogP contribution in [0.25, 0.3) is 0 Å². The Labute approximate surface area is 120 Å². The Morgan fingerprint density at radius 1 is 1.55 bits per heavy atom. The van der Waals surface area contributed by atoms with Crippen molar-refractivity contribution >= 4 is 5.69 Å². The van der Waals surface area contributed by atoms with Gasteiger partial charge in [-0.05, 0) is 26.0 Å². The van der Waals surface area contributed by atoms with Gasteiger partial charge in [0.05, 0.1) is 12.2 Å². The van der Waals surface area contributed by atoms with Gasteiger partial charge in [-0.15, -0.1) is 0 Å². The molecule has 1 fully saturated rings. The van der Waals surface area contributed by atoms with Crippen LogP contribution in [0.2, 0.25) is 0 Å². The van der Waals surface area contributed by atoms with Gasteiger partial charge >= 0.3 is 0 Å². The van der Waals surface area contributed by atoms with Crippen molar-refractivity contribution in [3.8, 4) is 6.07 Å². The van der Waals surface area contributed by atoms with Crippen LogP contribution in [0.4, 0.5) is 5.69 Å². The molecule has 0 radical (unpaired) electrons. The number of rotatable bonds is 4. The summed E-state index contributed by atoms with van der Waals surface area (Å²) in [7, 11) is 2.04. The maximum absolute atomic E-state index is 8.88. The molecule has 0 saturated carbocycles. The Morgan fingerprint density at radius 3 is 3.05 bits per heavy atom. The van der Waals surface area contributed by atoms with Gasteiger partial charge < -0.3 is 9.64 Å². The Bertz CT molecular complexity index is 495. The van der Waals surface area contributed by atoms with Gasteiger partial charge in [0.25, 0.3) is 0 Å². The molecule has 0 N–H and O–H groups in total. The molecule has 0 aromatic carbocycles. The summed E-state index contributed by atoms with van der Waals surface area (Å²) in [5.41, 5.74) is 1.44. The molecule has 0 aliphatic carbocycles. The molecule has 5 heteroatoms. The number of hydrogen-bond donors (Lipinski definition) is 0. The van der Waals surface area contributed by atoms with Crippen LogP contribution in [0.3, 0.4) is 0 Å². The Hall–Kier alpha value is -1.64. The van der Waals surface area contributed by atoms with Crippen molar-refractivity contribution in [2.24, 2.45) is 0 Å². The summed E-state index contributed by atoms with van der Waals surface area (Å²) < 4.78 is 5.72. The molecule has 0 bridgehead atoms. The van der Waals surface area contributed by atoms with E-state index in [1.54, 1.807) is 6.20 Å². The smallest absolute Gasteiger partial charge is 0.142 e. The van der Waals surface area contributed by atoms with Crippen LogP contribution in [0.15, 0.2) is 18.3 Å². The number of pyridine rings is 1. The zero-order chi connectivity index (χ0) is 14.6. The summed E-state index contributed by atoms with van der Waals surface area (Å²) in [6.07, 6.45) is 1.68. The molecule has 108 valence electrons. The highest BCUT2D eigenvalue weighted by molar-refractivity contribution is 5.47. The molecule has 2 rings (SSSR count). The summed E-state index contributed by atoms with van der Waals surface area (Å²) in [6.45, 7) is 8.91. The van der Waals surface area contributed by atoms with E-state index in [2.05, 4.69) is 34.7 Å². The van der Waals surface area contributed by atoms with Gasteiger partial charge in [-0.2, -0.15) is 5.26 Å². The van der Waals surface area contributed by atoms with Crippen LogP contribution in [-0.4, -0.2) is 55.3 Å². The molecular formula is C15H22N4O. The van der Waals surface area contributed by atoms with Crippen molar-refractivity contribution in [1.29, 1.82) is 5.26 Å². The number of nitriles is 1. The van der Waals surface area contributed by atoms with Crippen LogP contribution >= 0.6 is 0 Å². The topological polar surface area (TPSA) is 52.4 Å². The third kappa shape index (κ3) is 3.92. The number of hydrogen-bond acceptors (Lipinski definition) is 5. The van der Waals surface area contributed by atoms with E-state index in [1.807, 2.05) is 19.2 Å². The summed E-state index contributed by atoms with van der Waals surface area (Å²) in [5.74, 6) is 0. The SMILES string of the molecule is CN(CCN1CCOC(C)(C)C1)c1ccnc(C#N)c1. The molecule has 1 aliphatic rings. The first-order valence-electron chi connectivity index (χ1n) is 6.94.